The second-order valence-corrected chi connectivity index (χ2v) is 12.9. The SMILES string of the molecule is CC1=C(C(=O)Nc2ccccc2)[C@H](c2ccc(Cl)cc2)n2c(s/c(=C\c3c(OCc4ccc(Cl)cc4)ccc4ccccc34)c2=O)=N1. The number of carbonyl (C=O) groups excluding carboxylic acids is 1. The molecule has 232 valence electrons. The molecular formula is C38H27Cl2N3O3S. The molecule has 1 aromatic heterocycles. The Bertz CT molecular complexity index is 2350. The number of fused-ring (bicyclic) bond motifs is 2. The Morgan fingerprint density at radius 2 is 1.57 bits per heavy atom. The summed E-state index contributed by atoms with van der Waals surface area (Å²) in [6.07, 6.45) is 1.87. The molecule has 2 heterocycles. The Kier molecular flexibility index (Phi) is 8.52. The molecule has 1 amide bonds. The zero-order chi connectivity index (χ0) is 32.5. The van der Waals surface area contributed by atoms with Gasteiger partial charge >= 0.3 is 0 Å². The van der Waals surface area contributed by atoms with Gasteiger partial charge in [-0.25, -0.2) is 4.99 Å². The minimum atomic E-state index is -0.720. The van der Waals surface area contributed by atoms with Crippen LogP contribution in [0.3, 0.4) is 0 Å². The molecule has 1 N–H and O–H groups in total. The lowest BCUT2D eigenvalue weighted by Crippen LogP contribution is -2.40. The lowest BCUT2D eigenvalue weighted by Gasteiger charge is -2.25. The number of benzene rings is 5. The van der Waals surface area contributed by atoms with Crippen LogP contribution in [0.15, 0.2) is 136 Å². The van der Waals surface area contributed by atoms with Crippen molar-refractivity contribution in [2.75, 3.05) is 5.32 Å². The monoisotopic (exact) mass is 675 g/mol. The molecule has 0 aliphatic carbocycles. The predicted octanol–water partition coefficient (Wildman–Crippen LogP) is 7.91. The molecule has 1 atom stereocenters. The van der Waals surface area contributed by atoms with Crippen LogP contribution in [0.2, 0.25) is 10.0 Å². The summed E-state index contributed by atoms with van der Waals surface area (Å²) < 4.78 is 8.40. The quantitative estimate of drug-likeness (QED) is 0.187. The van der Waals surface area contributed by atoms with E-state index in [2.05, 4.69) is 5.32 Å². The third kappa shape index (κ3) is 6.25. The highest BCUT2D eigenvalue weighted by Crippen LogP contribution is 2.32. The molecule has 6 nitrogen and oxygen atoms in total. The smallest absolute Gasteiger partial charge is 0.271 e. The van der Waals surface area contributed by atoms with Crippen molar-refractivity contribution in [3.63, 3.8) is 0 Å². The maximum absolute atomic E-state index is 14.4. The summed E-state index contributed by atoms with van der Waals surface area (Å²) >= 11 is 13.6. The highest BCUT2D eigenvalue weighted by atomic mass is 35.5. The van der Waals surface area contributed by atoms with Gasteiger partial charge in [0.05, 0.1) is 21.8 Å². The second-order valence-electron chi connectivity index (χ2n) is 11.1. The molecule has 0 saturated heterocycles. The number of nitrogens with one attached hydrogen (secondary N) is 1. The maximum atomic E-state index is 14.4. The van der Waals surface area contributed by atoms with E-state index >= 15 is 0 Å². The van der Waals surface area contributed by atoms with E-state index in [0.717, 1.165) is 27.5 Å². The Morgan fingerprint density at radius 3 is 2.32 bits per heavy atom. The molecule has 47 heavy (non-hydrogen) atoms. The van der Waals surface area contributed by atoms with Gasteiger partial charge in [0, 0.05) is 21.3 Å². The van der Waals surface area contributed by atoms with E-state index in [0.29, 0.717) is 48.7 Å². The van der Waals surface area contributed by atoms with Crippen molar-refractivity contribution < 1.29 is 9.53 Å². The number of thiazole rings is 1. The molecule has 7 rings (SSSR count). The molecule has 0 radical (unpaired) electrons. The van der Waals surface area contributed by atoms with Crippen molar-refractivity contribution in [3.05, 3.63) is 173 Å². The zero-order valence-electron chi connectivity index (χ0n) is 25.1. The van der Waals surface area contributed by atoms with E-state index in [1.54, 1.807) is 23.6 Å². The van der Waals surface area contributed by atoms with E-state index in [1.165, 1.54) is 11.3 Å². The first-order valence-corrected chi connectivity index (χ1v) is 16.5. The molecule has 1 aliphatic heterocycles. The number of hydrogen-bond donors (Lipinski definition) is 1. The number of rotatable bonds is 7. The molecule has 6 aromatic rings. The third-order valence-electron chi connectivity index (χ3n) is 8.00. The first-order valence-electron chi connectivity index (χ1n) is 14.9. The molecule has 0 fully saturated rings. The maximum Gasteiger partial charge on any atom is 0.271 e. The molecule has 0 unspecified atom stereocenters. The number of para-hydroxylation sites is 1. The molecule has 0 spiro atoms. The topological polar surface area (TPSA) is 72.7 Å². The lowest BCUT2D eigenvalue weighted by atomic mass is 9.95. The summed E-state index contributed by atoms with van der Waals surface area (Å²) in [6.45, 7) is 2.13. The largest absolute Gasteiger partial charge is 0.488 e. The van der Waals surface area contributed by atoms with Gasteiger partial charge in [0.1, 0.15) is 12.4 Å². The third-order valence-corrected chi connectivity index (χ3v) is 9.48. The van der Waals surface area contributed by atoms with Gasteiger partial charge in [-0.3, -0.25) is 14.2 Å². The molecule has 0 saturated carbocycles. The average Bonchev–Trinajstić information content (AvgIpc) is 3.39. The molecular weight excluding hydrogens is 649 g/mol. The normalized spacial score (nSPS) is 14.5. The number of aromatic nitrogens is 1. The zero-order valence-corrected chi connectivity index (χ0v) is 27.4. The fourth-order valence-electron chi connectivity index (χ4n) is 5.72. The van der Waals surface area contributed by atoms with Crippen molar-refractivity contribution in [2.24, 2.45) is 4.99 Å². The Labute approximate surface area is 284 Å². The summed E-state index contributed by atoms with van der Waals surface area (Å²) in [4.78, 5) is 33.5. The number of hydrogen-bond acceptors (Lipinski definition) is 5. The molecule has 5 aromatic carbocycles. The van der Waals surface area contributed by atoms with Crippen molar-refractivity contribution in [1.29, 1.82) is 0 Å². The number of anilines is 1. The number of halogens is 2. The minimum Gasteiger partial charge on any atom is -0.488 e. The van der Waals surface area contributed by atoms with Crippen LogP contribution in [0.4, 0.5) is 5.69 Å². The molecule has 1 aliphatic rings. The van der Waals surface area contributed by atoms with Crippen LogP contribution in [-0.4, -0.2) is 10.5 Å². The highest BCUT2D eigenvalue weighted by Gasteiger charge is 2.32. The van der Waals surface area contributed by atoms with E-state index in [9.17, 15) is 9.59 Å². The van der Waals surface area contributed by atoms with Crippen molar-refractivity contribution >= 4 is 63.0 Å². The Morgan fingerprint density at radius 1 is 0.894 bits per heavy atom. The van der Waals surface area contributed by atoms with Crippen LogP contribution in [0.1, 0.15) is 29.7 Å². The van der Waals surface area contributed by atoms with E-state index < -0.39 is 6.04 Å². The first-order chi connectivity index (χ1) is 22.9. The average molecular weight is 677 g/mol. The van der Waals surface area contributed by atoms with Gasteiger partial charge in [0.2, 0.25) is 0 Å². The predicted molar refractivity (Wildman–Crippen MR) is 190 cm³/mol. The van der Waals surface area contributed by atoms with E-state index in [-0.39, 0.29) is 11.5 Å². The van der Waals surface area contributed by atoms with Crippen LogP contribution < -0.4 is 24.9 Å². The van der Waals surface area contributed by atoms with Gasteiger partial charge in [0.15, 0.2) is 4.80 Å². The number of allylic oxidation sites excluding steroid dienone is 1. The summed E-state index contributed by atoms with van der Waals surface area (Å²) in [7, 11) is 0. The van der Waals surface area contributed by atoms with Crippen LogP contribution in [-0.2, 0) is 11.4 Å². The number of ether oxygens (including phenoxy) is 1. The van der Waals surface area contributed by atoms with Gasteiger partial charge in [0.25, 0.3) is 11.5 Å². The number of amides is 1. The highest BCUT2D eigenvalue weighted by molar-refractivity contribution is 7.07. The van der Waals surface area contributed by atoms with Crippen molar-refractivity contribution in [1.82, 2.24) is 4.57 Å². The lowest BCUT2D eigenvalue weighted by molar-refractivity contribution is -0.113. The van der Waals surface area contributed by atoms with Gasteiger partial charge in [-0.15, -0.1) is 0 Å². The van der Waals surface area contributed by atoms with Gasteiger partial charge in [-0.2, -0.15) is 0 Å². The van der Waals surface area contributed by atoms with Crippen molar-refractivity contribution in [2.45, 2.75) is 19.6 Å². The van der Waals surface area contributed by atoms with Crippen LogP contribution >= 0.6 is 34.5 Å². The van der Waals surface area contributed by atoms with Gasteiger partial charge in [-0.05, 0) is 77.4 Å². The summed E-state index contributed by atoms with van der Waals surface area (Å²) in [5.41, 5.74) is 3.79. The molecule has 0 bridgehead atoms. The van der Waals surface area contributed by atoms with Gasteiger partial charge < -0.3 is 10.1 Å². The first kappa shape index (κ1) is 30.7. The molecule has 9 heteroatoms. The van der Waals surface area contributed by atoms with Crippen LogP contribution in [0.5, 0.6) is 5.75 Å². The Balaban J connectivity index is 1.36. The summed E-state index contributed by atoms with van der Waals surface area (Å²) in [5, 5.41) is 6.15. The number of nitrogens with zero attached hydrogens (tertiary/aromatic N) is 2. The van der Waals surface area contributed by atoms with Crippen molar-refractivity contribution in [3.8, 4) is 5.75 Å². The van der Waals surface area contributed by atoms with E-state index in [4.69, 9.17) is 32.9 Å². The Hall–Kier alpha value is -4.95. The standard InChI is InChI=1S/C38H27Cl2N3O3S/c1-23-34(36(44)42-29-8-3-2-4-9-29)35(26-13-18-28(40)19-14-26)43-37(45)33(47-38(43)41-23)21-31-30-10-6-5-7-25(30)15-20-32(31)46-22-24-11-16-27(39)17-12-24/h2-21,35H,22H2,1H3,(H,42,44)/b33-21-/t35-/m0/s1. The van der Waals surface area contributed by atoms with Gasteiger partial charge in [-0.1, -0.05) is 107 Å². The number of carbonyl (C=O) groups is 1. The summed E-state index contributed by atoms with van der Waals surface area (Å²) in [6, 6.07) is 35.1. The van der Waals surface area contributed by atoms with Crippen LogP contribution in [0.25, 0.3) is 16.8 Å². The summed E-state index contributed by atoms with van der Waals surface area (Å²) in [5.74, 6) is 0.302. The van der Waals surface area contributed by atoms with E-state index in [1.807, 2.05) is 109 Å². The van der Waals surface area contributed by atoms with Crippen LogP contribution in [0, 0.1) is 0 Å². The second kappa shape index (κ2) is 13.0. The fourth-order valence-corrected chi connectivity index (χ4v) is 7.00. The minimum absolute atomic E-state index is 0.261. The fraction of sp³-hybridized carbons (Fsp3) is 0.0789.